The summed E-state index contributed by atoms with van der Waals surface area (Å²) >= 11 is 9.66. The van der Waals surface area contributed by atoms with E-state index in [2.05, 4.69) is 27.7 Å². The minimum absolute atomic E-state index is 0.375. The molecule has 114 heteroatoms. The first-order valence-electron chi connectivity index (χ1n) is 29.0. The maximum atomic E-state index is 6.19. The van der Waals surface area contributed by atoms with E-state index in [0.717, 1.165) is 22.2 Å². The van der Waals surface area contributed by atoms with Crippen LogP contribution >= 0.6 is 0 Å². The van der Waals surface area contributed by atoms with E-state index in [-0.39, 0.29) is 11.2 Å². The first kappa shape index (κ1) is 154. The number of hydrogen-bond donors (Lipinski definition) is 0. The van der Waals surface area contributed by atoms with Crippen molar-refractivity contribution in [1.82, 2.24) is 15.0 Å². The summed E-state index contributed by atoms with van der Waals surface area (Å²) in [6.45, 7) is 8.23. The highest BCUT2D eigenvalue weighted by atomic mass is 33.6. The second kappa shape index (κ2) is 124. The molecule has 1 aliphatic rings. The molecule has 0 unspecified atom stereocenters. The van der Waals surface area contributed by atoms with Crippen molar-refractivity contribution in [2.24, 2.45) is 0 Å². The molecule has 0 saturated carbocycles. The molecule has 2 heterocycles. The van der Waals surface area contributed by atoms with Crippen LogP contribution in [0.5, 0.6) is 0 Å². The van der Waals surface area contributed by atoms with Crippen LogP contribution in [0.3, 0.4) is 0 Å². The van der Waals surface area contributed by atoms with Gasteiger partial charge in [0.05, 0.1) is 11.2 Å². The van der Waals surface area contributed by atoms with Crippen LogP contribution in [0.15, 0.2) is 84.9 Å². The zero-order valence-electron chi connectivity index (χ0n) is 63.4. The monoisotopic (exact) mass is 3890 g/mol. The van der Waals surface area contributed by atoms with Gasteiger partial charge in [-0.1, -0.05) is 84.9 Å². The molecule has 0 atom stereocenters. The van der Waals surface area contributed by atoms with Gasteiger partial charge in [-0.3, -0.25) is 0 Å². The SMILES string of the molecule is CC1(C)OB(c2ccc(-c3nc(-c4ccccc4)nc(-c4ccccc4)n3)cc2)OC1(C)C.S=S=S=S=S=S=S=S=S=S=S=S=S=S=S=S=S=S=S=S=S=S=S=S=S=S=S=S=S=S=S=S=S=S=S=S=S=S=S=S=S=S=S=S=S=S=S=S=S=S=S=S=S=S=S=S=S=S=S=S=S=S=S=S=S=S=S=S=S=S=S=S=S=S=S=S=S=S=S=S=S=S=S=S=S=S=S=S=S=S=S=S=S=S=S=S=S=S=S=S=S=S=S=S=S=S=S=S. The third-order valence-electron chi connectivity index (χ3n) is 9.31. The van der Waals surface area contributed by atoms with Crippen LogP contribution in [0.1, 0.15) is 27.7 Å². The number of aromatic nitrogens is 3. The molecule has 141 heavy (non-hydrogen) atoms. The van der Waals surface area contributed by atoms with E-state index in [9.17, 15) is 0 Å². The predicted octanol–water partition coefficient (Wildman–Crippen LogP) is 4.91. The molecule has 0 amide bonds. The highest BCUT2D eigenvalue weighted by Gasteiger charge is 2.51. The Morgan fingerprint density at radius 1 is 0.156 bits per heavy atom. The van der Waals surface area contributed by atoms with Gasteiger partial charge in [0, 0.05) is 980 Å². The van der Waals surface area contributed by atoms with Crippen LogP contribution in [0.2, 0.25) is 0 Å². The summed E-state index contributed by atoms with van der Waals surface area (Å²) in [6.07, 6.45) is 0. The number of benzene rings is 3. The fraction of sp³-hybridized carbons (Fsp3) is 0.222. The van der Waals surface area contributed by atoms with Crippen molar-refractivity contribution in [1.29, 1.82) is 0 Å². The Hall–Kier alpha value is 20.4. The lowest BCUT2D eigenvalue weighted by Crippen LogP contribution is -2.41. The van der Waals surface area contributed by atoms with Gasteiger partial charge in [0.15, 0.2) is 17.5 Å². The van der Waals surface area contributed by atoms with Gasteiger partial charge in [0.25, 0.3) is 0 Å². The van der Waals surface area contributed by atoms with Gasteiger partial charge < -0.3 is 9.31 Å². The van der Waals surface area contributed by atoms with E-state index in [1.807, 2.05) is 902 Å². The molecule has 1 aliphatic heterocycles. The maximum absolute atomic E-state index is 6.19. The van der Waals surface area contributed by atoms with Crippen molar-refractivity contribution in [2.45, 2.75) is 38.9 Å². The van der Waals surface area contributed by atoms with Crippen molar-refractivity contribution >= 4 is 976 Å². The number of rotatable bonds is 4. The summed E-state index contributed by atoms with van der Waals surface area (Å²) in [5.74, 6) is 1.92. The highest BCUT2D eigenvalue weighted by Crippen LogP contribution is 2.36. The van der Waals surface area contributed by atoms with Gasteiger partial charge in [-0.05, 0) is 33.2 Å². The fourth-order valence-corrected chi connectivity index (χ4v) is 290. The highest BCUT2D eigenvalue weighted by molar-refractivity contribution is 8.88. The topological polar surface area (TPSA) is 57.1 Å². The predicted molar refractivity (Wildman–Crippen MR) is 927 cm³/mol. The summed E-state index contributed by atoms with van der Waals surface area (Å²) in [7, 11) is 192. The van der Waals surface area contributed by atoms with E-state index in [1.165, 1.54) is 17.8 Å². The number of hydrogen-bond acceptors (Lipinski definition) is 7. The molecule has 1 fully saturated rings. The summed E-state index contributed by atoms with van der Waals surface area (Å²) < 4.78 is 12.4. The Morgan fingerprint density at radius 3 is 0.376 bits per heavy atom. The molecule has 812 valence electrons. The molecular formula is C27H26BN3O2S108. The van der Waals surface area contributed by atoms with Crippen LogP contribution < -0.4 is 5.46 Å². The Kier molecular flexibility index (Phi) is 135. The lowest BCUT2D eigenvalue weighted by molar-refractivity contribution is 0.00578. The average Bonchev–Trinajstić information content (AvgIpc) is 1.62. The van der Waals surface area contributed by atoms with Crippen LogP contribution in [0.4, 0.5) is 0 Å². The Morgan fingerprint density at radius 2 is 0.262 bits per heavy atom. The third-order valence-corrected chi connectivity index (χ3v) is 243. The third kappa shape index (κ3) is 102. The first-order chi connectivity index (χ1) is 69.7. The molecular weight excluding hydrogens is 3870 g/mol. The molecule has 5 nitrogen and oxygen atoms in total. The maximum Gasteiger partial charge on any atom is 0.494 e. The minimum atomic E-state index is -0.401. The summed E-state index contributed by atoms with van der Waals surface area (Å²) in [4.78, 5) is 14.3. The van der Waals surface area contributed by atoms with Gasteiger partial charge in [-0.15, -0.1) is 0 Å². The van der Waals surface area contributed by atoms with Gasteiger partial charge >= 0.3 is 7.12 Å². The Bertz CT molecular complexity index is 10200. The van der Waals surface area contributed by atoms with Gasteiger partial charge in [0.2, 0.25) is 0 Å². The van der Waals surface area contributed by atoms with E-state index in [4.69, 9.17) is 46.6 Å². The minimum Gasteiger partial charge on any atom is -0.399 e. The lowest BCUT2D eigenvalue weighted by atomic mass is 9.79. The average molecular weight is 3900 g/mol. The van der Waals surface area contributed by atoms with Gasteiger partial charge in [-0.25, -0.2) is 15.0 Å². The largest absolute Gasteiger partial charge is 0.494 e. The number of nitrogens with zero attached hydrogens (tertiary/aromatic N) is 3. The lowest BCUT2D eigenvalue weighted by Gasteiger charge is -2.32. The summed E-state index contributed by atoms with van der Waals surface area (Å²) in [5, 5.41) is 0. The van der Waals surface area contributed by atoms with E-state index >= 15 is 0 Å². The van der Waals surface area contributed by atoms with Crippen molar-refractivity contribution in [3.8, 4) is 34.2 Å². The molecule has 1 saturated heterocycles. The second-order valence-electron chi connectivity index (χ2n) is 16.5. The molecule has 1 aromatic heterocycles. The van der Waals surface area contributed by atoms with Crippen LogP contribution in [-0.4, -0.2) is 33.3 Å². The molecule has 5 rings (SSSR count). The summed E-state index contributed by atoms with van der Waals surface area (Å²) in [6, 6.07) is 28.0. The second-order valence-corrected chi connectivity index (χ2v) is 204. The van der Waals surface area contributed by atoms with Crippen molar-refractivity contribution < 1.29 is 9.31 Å². The molecule has 3 aromatic carbocycles. The van der Waals surface area contributed by atoms with Crippen LogP contribution in [-0.2, 0) is 973 Å². The van der Waals surface area contributed by atoms with Gasteiger partial charge in [-0.2, -0.15) is 0 Å². The van der Waals surface area contributed by atoms with E-state index < -0.39 is 7.12 Å². The zero-order valence-corrected chi connectivity index (χ0v) is 152. The Labute approximate surface area is 1130 Å². The molecule has 0 radical (unpaired) electrons. The standard InChI is InChI=1S/C27H26BN3O2.S108/c1-26(2)27(3,4)33-28(32-26)22-17-15-21(16-18-22)25-30-23(19-11-7-5-8-12-19)29-24(31-25)20-13-9-6-10-14-20;1-3-5-7-9-11-13-15-17-19-21-23-25-27-29-31-33-35-37-39-41-43-45-47-49-51-53-55-57-59-61-63-65-67-69-71-73-75-77-79-81-83-85-87-89-91-93-95-97-99-101-103-105-107-108-106-104-102-100-98-96-94-92-90-88-86-84-82-80-78-76-74-72-70-68-66-64-62-60-58-56-54-52-50-48-46-44-42-40-38-36-34-32-30-28-26-24-22-20-18-16-14-12-10-8-6-4-2/h5-18H,1-4H3;. The molecule has 0 bridgehead atoms. The first-order valence-corrected chi connectivity index (χ1v) is 172. The summed E-state index contributed by atoms with van der Waals surface area (Å²) in [5.41, 5.74) is 3.03. The normalized spacial score (nSPS) is 9.94. The molecule has 0 N–H and O–H groups in total. The van der Waals surface area contributed by atoms with Crippen LogP contribution in [0, 0.1) is 0 Å². The van der Waals surface area contributed by atoms with Crippen molar-refractivity contribution in [3.05, 3.63) is 84.9 Å². The molecule has 0 aliphatic carbocycles. The van der Waals surface area contributed by atoms with E-state index in [0.29, 0.717) is 17.5 Å². The fourth-order valence-electron chi connectivity index (χ4n) is 4.89. The van der Waals surface area contributed by atoms with E-state index in [1.54, 1.807) is 107 Å². The van der Waals surface area contributed by atoms with Crippen molar-refractivity contribution in [3.63, 3.8) is 0 Å². The molecule has 0 spiro atoms. The quantitative estimate of drug-likeness (QED) is 0.270. The molecule has 4 aromatic rings. The Balaban J connectivity index is 0.00000103. The van der Waals surface area contributed by atoms with Crippen molar-refractivity contribution in [2.75, 3.05) is 0 Å². The zero-order chi connectivity index (χ0) is 100. The van der Waals surface area contributed by atoms with Gasteiger partial charge in [0.1, 0.15) is 0 Å². The van der Waals surface area contributed by atoms with Crippen LogP contribution in [0.25, 0.3) is 34.2 Å². The smallest absolute Gasteiger partial charge is 0.399 e.